The van der Waals surface area contributed by atoms with Crippen LogP contribution in [0.5, 0.6) is 0 Å². The third kappa shape index (κ3) is 3.78. The molecule has 2 heteroatoms. The fourth-order valence-electron chi connectivity index (χ4n) is 0.779. The van der Waals surface area contributed by atoms with E-state index >= 15 is 0 Å². The molecule has 0 spiro atoms. The first kappa shape index (κ1) is 9.61. The van der Waals surface area contributed by atoms with Crippen LogP contribution in [0.15, 0.2) is 48.6 Å². The number of nitrogens with one attached hydrogen (secondary N) is 1. The van der Waals surface area contributed by atoms with Gasteiger partial charge < -0.3 is 0 Å². The third-order valence-corrected chi connectivity index (χ3v) is 3.15. The summed E-state index contributed by atoms with van der Waals surface area (Å²) in [6.07, 6.45) is 16.6. The lowest BCUT2D eigenvalue weighted by Crippen LogP contribution is -1.89. The van der Waals surface area contributed by atoms with Gasteiger partial charge in [0.05, 0.1) is 0 Å². The second-order valence-electron chi connectivity index (χ2n) is 2.16. The van der Waals surface area contributed by atoms with E-state index in [2.05, 4.69) is 27.8 Å². The molecule has 0 saturated carbocycles. The summed E-state index contributed by atoms with van der Waals surface area (Å²) in [5.41, 5.74) is 0. The van der Waals surface area contributed by atoms with Gasteiger partial charge >= 0.3 is 0 Å². The van der Waals surface area contributed by atoms with Crippen molar-refractivity contribution >= 4 is 24.5 Å². The molecule has 0 aromatic rings. The van der Waals surface area contributed by atoms with E-state index in [1.54, 1.807) is 0 Å². The number of hydrogen-bond donors (Lipinski definition) is 1. The van der Waals surface area contributed by atoms with Gasteiger partial charge in [-0.15, -0.1) is 0 Å². The summed E-state index contributed by atoms with van der Waals surface area (Å²) in [6, 6.07) is 0. The molecule has 0 radical (unpaired) electrons. The Morgan fingerprint density at radius 2 is 1.42 bits per heavy atom. The summed E-state index contributed by atoms with van der Waals surface area (Å²) in [5, 5.41) is 0. The fourth-order valence-corrected chi connectivity index (χ4v) is 2.18. The molecule has 1 aliphatic rings. The van der Waals surface area contributed by atoms with Gasteiger partial charge in [0, 0.05) is 3.51 Å². The predicted octanol–water partition coefficient (Wildman–Crippen LogP) is 2.50. The molecule has 12 heavy (non-hydrogen) atoms. The first-order valence-corrected chi connectivity index (χ1v) is 5.95. The zero-order chi connectivity index (χ0) is 8.65. The van der Waals surface area contributed by atoms with Crippen molar-refractivity contribution in [3.05, 3.63) is 48.6 Å². The van der Waals surface area contributed by atoms with Crippen LogP contribution in [0.1, 0.15) is 0 Å². The van der Waals surface area contributed by atoms with Gasteiger partial charge in [0.25, 0.3) is 0 Å². The largest absolute Gasteiger partial charge is 0.269 e. The van der Waals surface area contributed by atoms with Crippen LogP contribution in [0.2, 0.25) is 0 Å². The Morgan fingerprint density at radius 1 is 0.917 bits per heavy atom. The van der Waals surface area contributed by atoms with Crippen molar-refractivity contribution in [1.29, 1.82) is 0 Å². The van der Waals surface area contributed by atoms with Gasteiger partial charge in [0.15, 0.2) is 0 Å². The highest BCUT2D eigenvalue weighted by molar-refractivity contribution is 14.2. The van der Waals surface area contributed by atoms with E-state index in [4.69, 9.17) is 0 Å². The molecule has 0 bridgehead atoms. The third-order valence-electron chi connectivity index (χ3n) is 1.27. The first-order valence-electron chi connectivity index (χ1n) is 3.79. The molecular weight excluding hydrogens is 261 g/mol. The first-order chi connectivity index (χ1) is 5.93. The molecule has 0 aromatic carbocycles. The Labute approximate surface area is 83.7 Å². The summed E-state index contributed by atoms with van der Waals surface area (Å²) in [6.45, 7) is 0. The molecular formula is C10H12IN. The van der Waals surface area contributed by atoms with Crippen molar-refractivity contribution in [2.75, 3.05) is 7.05 Å². The van der Waals surface area contributed by atoms with Crippen LogP contribution < -0.4 is 3.53 Å². The minimum Gasteiger partial charge on any atom is -0.269 e. The van der Waals surface area contributed by atoms with Gasteiger partial charge in [-0.3, -0.25) is 3.53 Å². The SMILES string of the molecule is CNI=C1C=C\C=C/C=C\C=C/1. The van der Waals surface area contributed by atoms with E-state index < -0.39 is 0 Å². The highest BCUT2D eigenvalue weighted by Gasteiger charge is 1.83. The number of halogens is 1. The molecule has 0 fully saturated rings. The maximum atomic E-state index is 3.23. The average Bonchev–Trinajstić information content (AvgIpc) is 2.19. The maximum Gasteiger partial charge on any atom is 0.0181 e. The number of hydrogen-bond acceptors (Lipinski definition) is 1. The standard InChI is InChI=1S/C10H12IN/c1-12-11-10-8-6-4-2-3-5-7-9-10/h2-9,12H,1H3/b4-2-,5-3-,8-6-,9-7?. The maximum absolute atomic E-state index is 3.23. The Balaban J connectivity index is 2.81. The zero-order valence-electron chi connectivity index (χ0n) is 7.00. The van der Waals surface area contributed by atoms with Gasteiger partial charge in [0.1, 0.15) is 0 Å². The van der Waals surface area contributed by atoms with Crippen molar-refractivity contribution in [2.24, 2.45) is 0 Å². The second-order valence-corrected chi connectivity index (χ2v) is 5.02. The van der Waals surface area contributed by atoms with Crippen molar-refractivity contribution < 1.29 is 0 Å². The molecule has 0 unspecified atom stereocenters. The molecule has 0 heterocycles. The summed E-state index contributed by atoms with van der Waals surface area (Å²) in [5.74, 6) is 0. The van der Waals surface area contributed by atoms with Crippen LogP contribution in [-0.4, -0.2) is 10.6 Å². The highest BCUT2D eigenvalue weighted by Crippen LogP contribution is 1.99. The molecule has 0 aliphatic heterocycles. The van der Waals surface area contributed by atoms with Gasteiger partial charge in [0.2, 0.25) is 0 Å². The molecule has 0 amide bonds. The van der Waals surface area contributed by atoms with Gasteiger partial charge in [-0.05, 0) is 40.2 Å². The van der Waals surface area contributed by atoms with Crippen LogP contribution in [0.4, 0.5) is 0 Å². The van der Waals surface area contributed by atoms with Crippen LogP contribution in [-0.2, 0) is 0 Å². The van der Waals surface area contributed by atoms with Crippen LogP contribution in [0, 0.1) is 0 Å². The highest BCUT2D eigenvalue weighted by atomic mass is 127. The molecule has 0 saturated heterocycles. The smallest absolute Gasteiger partial charge is 0.0181 e. The van der Waals surface area contributed by atoms with Crippen molar-refractivity contribution in [3.8, 4) is 0 Å². The van der Waals surface area contributed by atoms with Crippen molar-refractivity contribution in [1.82, 2.24) is 3.53 Å². The van der Waals surface area contributed by atoms with E-state index in [-0.39, 0.29) is 21.0 Å². The summed E-state index contributed by atoms with van der Waals surface area (Å²) < 4.78 is 4.62. The number of allylic oxidation sites excluding steroid dienone is 8. The predicted molar refractivity (Wildman–Crippen MR) is 64.6 cm³/mol. The lowest BCUT2D eigenvalue weighted by Gasteiger charge is -1.89. The van der Waals surface area contributed by atoms with Crippen LogP contribution in [0.25, 0.3) is 0 Å². The van der Waals surface area contributed by atoms with Crippen molar-refractivity contribution in [3.63, 3.8) is 0 Å². The van der Waals surface area contributed by atoms with Crippen LogP contribution >= 0.6 is 21.0 Å². The Morgan fingerprint density at radius 3 is 1.92 bits per heavy atom. The van der Waals surface area contributed by atoms with Crippen LogP contribution in [0.3, 0.4) is 0 Å². The molecule has 64 valence electrons. The lowest BCUT2D eigenvalue weighted by atomic mass is 10.3. The lowest BCUT2D eigenvalue weighted by molar-refractivity contribution is 1.37. The molecule has 1 rings (SSSR count). The monoisotopic (exact) mass is 273 g/mol. The summed E-state index contributed by atoms with van der Waals surface area (Å²) in [4.78, 5) is 0. The van der Waals surface area contributed by atoms with E-state index in [0.29, 0.717) is 0 Å². The zero-order valence-corrected chi connectivity index (χ0v) is 9.15. The molecule has 0 aromatic heterocycles. The molecule has 0 atom stereocenters. The van der Waals surface area contributed by atoms with Gasteiger partial charge in [-0.1, -0.05) is 36.5 Å². The van der Waals surface area contributed by atoms with Gasteiger partial charge in [-0.25, -0.2) is 0 Å². The van der Waals surface area contributed by atoms with Gasteiger partial charge in [-0.2, -0.15) is 0 Å². The topological polar surface area (TPSA) is 12.0 Å². The summed E-state index contributed by atoms with van der Waals surface area (Å²) in [7, 11) is 2.00. The second kappa shape index (κ2) is 6.08. The van der Waals surface area contributed by atoms with E-state index in [1.807, 2.05) is 31.4 Å². The fraction of sp³-hybridized carbons (Fsp3) is 0.100. The minimum absolute atomic E-state index is 0.00992. The summed E-state index contributed by atoms with van der Waals surface area (Å²) >= 11 is -0.00992. The van der Waals surface area contributed by atoms with E-state index in [0.717, 1.165) is 0 Å². The quantitative estimate of drug-likeness (QED) is 0.571. The average molecular weight is 273 g/mol. The minimum atomic E-state index is -0.00992. The number of rotatable bonds is 1. The van der Waals surface area contributed by atoms with E-state index in [1.165, 1.54) is 3.51 Å². The van der Waals surface area contributed by atoms with Crippen molar-refractivity contribution in [2.45, 2.75) is 0 Å². The normalized spacial score (nSPS) is 27.9. The Bertz CT molecular complexity index is 246. The molecule has 1 aliphatic carbocycles. The Hall–Kier alpha value is -0.480. The Kier molecular flexibility index (Phi) is 4.87. The van der Waals surface area contributed by atoms with E-state index in [9.17, 15) is 0 Å². The molecule has 1 nitrogen and oxygen atoms in total. The molecule has 1 N–H and O–H groups in total.